The topological polar surface area (TPSA) is 50.2 Å². The summed E-state index contributed by atoms with van der Waals surface area (Å²) in [5.41, 5.74) is 0.913. The minimum absolute atomic E-state index is 0.0690. The van der Waals surface area contributed by atoms with E-state index in [4.69, 9.17) is 5.11 Å². The molecule has 0 aromatic carbocycles. The Morgan fingerprint density at radius 1 is 1.20 bits per heavy atom. The zero-order valence-corrected chi connectivity index (χ0v) is 14.0. The Balaban J connectivity index is 1.86. The van der Waals surface area contributed by atoms with E-state index in [9.17, 15) is 4.79 Å². The van der Waals surface area contributed by atoms with E-state index < -0.39 is 5.97 Å². The van der Waals surface area contributed by atoms with Crippen molar-refractivity contribution in [2.75, 3.05) is 0 Å². The van der Waals surface area contributed by atoms with Crippen molar-refractivity contribution in [3.63, 3.8) is 0 Å². The number of aromatic nitrogens is 1. The van der Waals surface area contributed by atoms with E-state index in [0.29, 0.717) is 0 Å². The number of carboxylic acid groups (broad SMARTS) is 1. The molecule has 102 valence electrons. The zero-order valence-electron chi connectivity index (χ0n) is 10.00. The van der Waals surface area contributed by atoms with Crippen molar-refractivity contribution in [1.82, 2.24) is 4.98 Å². The molecule has 0 aliphatic carbocycles. The van der Waals surface area contributed by atoms with Crippen molar-refractivity contribution < 1.29 is 9.90 Å². The lowest BCUT2D eigenvalue weighted by molar-refractivity contribution is -0.136. The lowest BCUT2D eigenvalue weighted by Crippen LogP contribution is -1.96. The quantitative estimate of drug-likeness (QED) is 0.687. The van der Waals surface area contributed by atoms with Crippen LogP contribution in [0.25, 0.3) is 20.5 Å². The van der Waals surface area contributed by atoms with Gasteiger partial charge in [0.2, 0.25) is 0 Å². The summed E-state index contributed by atoms with van der Waals surface area (Å²) in [4.78, 5) is 18.3. The van der Waals surface area contributed by atoms with Gasteiger partial charge in [0.25, 0.3) is 0 Å². The van der Waals surface area contributed by atoms with Gasteiger partial charge in [-0.05, 0) is 40.2 Å². The lowest BCUT2D eigenvalue weighted by Gasteiger charge is -1.90. The second-order valence-corrected chi connectivity index (χ2v) is 8.47. The minimum Gasteiger partial charge on any atom is -0.481 e. The highest BCUT2D eigenvalue weighted by Gasteiger charge is 2.11. The molecule has 0 unspecified atom stereocenters. The number of hydrogen-bond acceptors (Lipinski definition) is 5. The van der Waals surface area contributed by atoms with Crippen LogP contribution < -0.4 is 0 Å². The number of nitrogens with zero attached hydrogens (tertiary/aromatic N) is 1. The third kappa shape index (κ3) is 3.01. The molecule has 0 aliphatic rings. The molecule has 3 aromatic rings. The first-order valence-corrected chi connectivity index (χ1v) is 8.94. The molecule has 3 nitrogen and oxygen atoms in total. The number of rotatable bonds is 4. The second kappa shape index (κ2) is 5.77. The monoisotopic (exact) mass is 385 g/mol. The average Bonchev–Trinajstić information content (AvgIpc) is 3.06. The molecule has 20 heavy (non-hydrogen) atoms. The van der Waals surface area contributed by atoms with Gasteiger partial charge in [-0.2, -0.15) is 0 Å². The van der Waals surface area contributed by atoms with E-state index in [-0.39, 0.29) is 6.42 Å². The maximum atomic E-state index is 10.7. The molecule has 0 atom stereocenters. The Labute approximate surface area is 135 Å². The Kier molecular flexibility index (Phi) is 4.02. The maximum Gasteiger partial charge on any atom is 0.308 e. The largest absolute Gasteiger partial charge is 0.481 e. The van der Waals surface area contributed by atoms with E-state index in [1.54, 1.807) is 22.7 Å². The van der Waals surface area contributed by atoms with Gasteiger partial charge in [0.1, 0.15) is 5.01 Å². The Hall–Kier alpha value is -1.02. The standard InChI is InChI=1S/C13H8BrNO2S3/c14-11-4-3-10(20-11)13-15-8(6-18-13)9-2-1-7(19-9)5-12(16)17/h1-4,6H,5H2,(H,16,17). The molecule has 0 aliphatic heterocycles. The fourth-order valence-corrected chi connectivity index (χ4v) is 5.00. The fourth-order valence-electron chi connectivity index (χ4n) is 1.69. The molecule has 3 rings (SSSR count). The van der Waals surface area contributed by atoms with Crippen LogP contribution in [0.2, 0.25) is 0 Å². The van der Waals surface area contributed by atoms with Gasteiger partial charge < -0.3 is 5.11 Å². The summed E-state index contributed by atoms with van der Waals surface area (Å²) < 4.78 is 1.09. The molecule has 3 heterocycles. The van der Waals surface area contributed by atoms with E-state index in [2.05, 4.69) is 20.9 Å². The molecule has 0 amide bonds. The summed E-state index contributed by atoms with van der Waals surface area (Å²) in [7, 11) is 0. The number of halogens is 1. The van der Waals surface area contributed by atoms with Crippen LogP contribution in [0.5, 0.6) is 0 Å². The van der Waals surface area contributed by atoms with Gasteiger partial charge in [0.15, 0.2) is 0 Å². The van der Waals surface area contributed by atoms with Gasteiger partial charge in [0.05, 0.1) is 25.7 Å². The number of carbonyl (C=O) groups is 1. The van der Waals surface area contributed by atoms with Gasteiger partial charge in [0, 0.05) is 10.3 Å². The average molecular weight is 386 g/mol. The first kappa shape index (κ1) is 13.9. The van der Waals surface area contributed by atoms with Crippen LogP contribution in [-0.2, 0) is 11.2 Å². The summed E-state index contributed by atoms with van der Waals surface area (Å²) in [5, 5.41) is 11.8. The van der Waals surface area contributed by atoms with Crippen LogP contribution in [0.1, 0.15) is 4.88 Å². The molecule has 0 radical (unpaired) electrons. The molecule has 1 N–H and O–H groups in total. The maximum absolute atomic E-state index is 10.7. The summed E-state index contributed by atoms with van der Waals surface area (Å²) in [6.07, 6.45) is 0.0690. The summed E-state index contributed by atoms with van der Waals surface area (Å²) in [5.74, 6) is -0.805. The van der Waals surface area contributed by atoms with Crippen molar-refractivity contribution in [3.8, 4) is 20.5 Å². The van der Waals surface area contributed by atoms with Crippen LogP contribution in [0, 0.1) is 0 Å². The van der Waals surface area contributed by atoms with E-state index in [1.165, 1.54) is 11.3 Å². The van der Waals surface area contributed by atoms with Gasteiger partial charge in [-0.25, -0.2) is 4.98 Å². The van der Waals surface area contributed by atoms with Crippen LogP contribution in [0.15, 0.2) is 33.4 Å². The molecular weight excluding hydrogens is 378 g/mol. The van der Waals surface area contributed by atoms with Crippen molar-refractivity contribution in [1.29, 1.82) is 0 Å². The van der Waals surface area contributed by atoms with Crippen LogP contribution in [-0.4, -0.2) is 16.1 Å². The lowest BCUT2D eigenvalue weighted by atomic mass is 10.3. The number of thiophene rings is 2. The first-order valence-electron chi connectivity index (χ1n) is 5.64. The predicted molar refractivity (Wildman–Crippen MR) is 87.8 cm³/mol. The van der Waals surface area contributed by atoms with Gasteiger partial charge in [-0.15, -0.1) is 34.0 Å². The highest BCUT2D eigenvalue weighted by atomic mass is 79.9. The Morgan fingerprint density at radius 2 is 2.00 bits per heavy atom. The van der Waals surface area contributed by atoms with E-state index in [1.807, 2.05) is 29.6 Å². The number of carboxylic acids is 1. The zero-order chi connectivity index (χ0) is 14.1. The fraction of sp³-hybridized carbons (Fsp3) is 0.0769. The van der Waals surface area contributed by atoms with Crippen LogP contribution in [0.3, 0.4) is 0 Å². The third-order valence-electron chi connectivity index (χ3n) is 2.53. The smallest absolute Gasteiger partial charge is 0.308 e. The molecule has 3 aromatic heterocycles. The highest BCUT2D eigenvalue weighted by Crippen LogP contribution is 2.36. The molecule has 0 bridgehead atoms. The molecule has 7 heteroatoms. The molecule has 0 fully saturated rings. The van der Waals surface area contributed by atoms with E-state index >= 15 is 0 Å². The number of aliphatic carboxylic acids is 1. The van der Waals surface area contributed by atoms with Crippen molar-refractivity contribution in [2.24, 2.45) is 0 Å². The van der Waals surface area contributed by atoms with Gasteiger partial charge >= 0.3 is 5.97 Å². The molecule has 0 saturated heterocycles. The third-order valence-corrected chi connectivity index (χ3v) is 6.27. The van der Waals surface area contributed by atoms with Crippen molar-refractivity contribution >= 4 is 55.9 Å². The first-order chi connectivity index (χ1) is 9.61. The van der Waals surface area contributed by atoms with Crippen LogP contribution in [0.4, 0.5) is 0 Å². The molecule has 0 spiro atoms. The Bertz CT molecular complexity index is 759. The summed E-state index contributed by atoms with van der Waals surface area (Å²) >= 11 is 8.19. The van der Waals surface area contributed by atoms with Gasteiger partial charge in [-0.3, -0.25) is 4.79 Å². The number of hydrogen-bond donors (Lipinski definition) is 1. The number of thiazole rings is 1. The Morgan fingerprint density at radius 3 is 2.70 bits per heavy atom. The summed E-state index contributed by atoms with van der Waals surface area (Å²) in [6.45, 7) is 0. The second-order valence-electron chi connectivity index (χ2n) is 3.98. The predicted octanol–water partition coefficient (Wildman–Crippen LogP) is 4.99. The highest BCUT2D eigenvalue weighted by molar-refractivity contribution is 9.11. The minimum atomic E-state index is -0.805. The molecule has 0 saturated carbocycles. The molecular formula is C13H8BrNO2S3. The summed E-state index contributed by atoms with van der Waals surface area (Å²) in [6, 6.07) is 7.85. The van der Waals surface area contributed by atoms with Gasteiger partial charge in [-0.1, -0.05) is 0 Å². The van der Waals surface area contributed by atoms with Crippen LogP contribution >= 0.6 is 49.9 Å². The van der Waals surface area contributed by atoms with Crippen molar-refractivity contribution in [2.45, 2.75) is 6.42 Å². The SMILES string of the molecule is O=C(O)Cc1ccc(-c2csc(-c3ccc(Br)s3)n2)s1. The normalized spacial score (nSPS) is 10.8. The van der Waals surface area contributed by atoms with E-state index in [0.717, 1.165) is 29.1 Å². The van der Waals surface area contributed by atoms with Crippen molar-refractivity contribution in [3.05, 3.63) is 38.3 Å².